The molecule has 9 heteroatoms. The number of amides is 4. The van der Waals surface area contributed by atoms with Gasteiger partial charge >= 0.3 is 6.03 Å². The van der Waals surface area contributed by atoms with Crippen molar-refractivity contribution in [3.63, 3.8) is 0 Å². The predicted molar refractivity (Wildman–Crippen MR) is 113 cm³/mol. The molecule has 1 spiro atoms. The summed E-state index contributed by atoms with van der Waals surface area (Å²) in [5.41, 5.74) is 0.981. The van der Waals surface area contributed by atoms with Gasteiger partial charge in [0.25, 0.3) is 5.91 Å². The van der Waals surface area contributed by atoms with E-state index in [0.29, 0.717) is 18.8 Å². The molecule has 2 aromatic rings. The number of carbonyl (C=O) groups excluding carboxylic acids is 3. The van der Waals surface area contributed by atoms with Crippen LogP contribution in [0.1, 0.15) is 51.1 Å². The average molecular weight is 425 g/mol. The molecule has 1 unspecified atom stereocenters. The van der Waals surface area contributed by atoms with E-state index in [0.717, 1.165) is 29.0 Å². The molecule has 1 aromatic carbocycles. The molecule has 2 heterocycles. The number of imide groups is 1. The van der Waals surface area contributed by atoms with E-state index in [1.165, 1.54) is 6.33 Å². The zero-order chi connectivity index (χ0) is 22.2. The minimum Gasteiger partial charge on any atom is -0.337 e. The highest BCUT2D eigenvalue weighted by Gasteiger charge is 2.52. The van der Waals surface area contributed by atoms with Gasteiger partial charge < -0.3 is 10.2 Å². The molecule has 1 saturated heterocycles. The van der Waals surface area contributed by atoms with Crippen LogP contribution in [0, 0.1) is 5.92 Å². The van der Waals surface area contributed by atoms with E-state index in [2.05, 4.69) is 22.3 Å². The average Bonchev–Trinajstić information content (AvgIpc) is 3.39. The van der Waals surface area contributed by atoms with Gasteiger partial charge in [-0.05, 0) is 56.2 Å². The normalized spacial score (nSPS) is 24.4. The van der Waals surface area contributed by atoms with Crippen LogP contribution in [-0.2, 0) is 9.59 Å². The molecule has 1 atom stereocenters. The Morgan fingerprint density at radius 2 is 1.94 bits per heavy atom. The van der Waals surface area contributed by atoms with E-state index in [4.69, 9.17) is 0 Å². The van der Waals surface area contributed by atoms with Crippen LogP contribution in [0.3, 0.4) is 0 Å². The Balaban J connectivity index is 1.41. The summed E-state index contributed by atoms with van der Waals surface area (Å²) in [6.07, 6.45) is 6.15. The summed E-state index contributed by atoms with van der Waals surface area (Å²) in [4.78, 5) is 45.0. The molecule has 4 amide bonds. The van der Waals surface area contributed by atoms with Crippen LogP contribution >= 0.6 is 0 Å². The number of carbonyl (C=O) groups is 3. The van der Waals surface area contributed by atoms with Crippen molar-refractivity contribution in [2.24, 2.45) is 5.92 Å². The van der Waals surface area contributed by atoms with E-state index in [1.54, 1.807) is 23.0 Å². The molecular weight excluding hydrogens is 396 g/mol. The van der Waals surface area contributed by atoms with Gasteiger partial charge in [-0.1, -0.05) is 19.1 Å². The van der Waals surface area contributed by atoms with Gasteiger partial charge in [0.1, 0.15) is 24.7 Å². The van der Waals surface area contributed by atoms with E-state index < -0.39 is 11.6 Å². The number of hydrogen-bond donors (Lipinski definition) is 1. The quantitative estimate of drug-likeness (QED) is 0.743. The number of urea groups is 1. The van der Waals surface area contributed by atoms with Crippen molar-refractivity contribution in [2.75, 3.05) is 13.6 Å². The minimum atomic E-state index is -0.828. The molecule has 9 nitrogen and oxygen atoms in total. The fourth-order valence-electron chi connectivity index (χ4n) is 4.35. The maximum Gasteiger partial charge on any atom is 0.325 e. The first kappa shape index (κ1) is 21.0. The Morgan fingerprint density at radius 3 is 2.55 bits per heavy atom. The van der Waals surface area contributed by atoms with Gasteiger partial charge in [0.15, 0.2) is 0 Å². The topological polar surface area (TPSA) is 100 Å². The third-order valence-corrected chi connectivity index (χ3v) is 6.70. The van der Waals surface area contributed by atoms with Crippen molar-refractivity contribution in [3.05, 3.63) is 42.5 Å². The van der Waals surface area contributed by atoms with Crippen LogP contribution in [0.4, 0.5) is 4.79 Å². The highest BCUT2D eigenvalue weighted by atomic mass is 16.2. The van der Waals surface area contributed by atoms with E-state index in [9.17, 15) is 14.4 Å². The molecule has 1 N–H and O–H groups in total. The molecule has 1 aliphatic heterocycles. The maximum absolute atomic E-state index is 13.0. The largest absolute Gasteiger partial charge is 0.337 e. The first-order chi connectivity index (χ1) is 14.8. The zero-order valence-corrected chi connectivity index (χ0v) is 18.1. The highest BCUT2D eigenvalue weighted by Crippen LogP contribution is 2.36. The molecule has 4 rings (SSSR count). The van der Waals surface area contributed by atoms with Gasteiger partial charge in [-0.25, -0.2) is 14.5 Å². The second-order valence-corrected chi connectivity index (χ2v) is 8.70. The second-order valence-electron chi connectivity index (χ2n) is 8.70. The van der Waals surface area contributed by atoms with E-state index in [1.807, 2.05) is 31.2 Å². The van der Waals surface area contributed by atoms with Crippen LogP contribution < -0.4 is 5.32 Å². The van der Waals surface area contributed by atoms with Crippen LogP contribution in [0.5, 0.6) is 0 Å². The molecular formula is C22H28N6O3. The van der Waals surface area contributed by atoms with Crippen LogP contribution in [-0.4, -0.2) is 61.5 Å². The lowest BCUT2D eigenvalue weighted by Crippen LogP contribution is -2.50. The molecule has 2 fully saturated rings. The van der Waals surface area contributed by atoms with E-state index >= 15 is 0 Å². The smallest absolute Gasteiger partial charge is 0.325 e. The van der Waals surface area contributed by atoms with Gasteiger partial charge in [0.2, 0.25) is 5.91 Å². The van der Waals surface area contributed by atoms with Gasteiger partial charge in [-0.2, -0.15) is 5.10 Å². The van der Waals surface area contributed by atoms with E-state index in [-0.39, 0.29) is 24.4 Å². The first-order valence-corrected chi connectivity index (χ1v) is 10.7. The molecule has 1 saturated carbocycles. The van der Waals surface area contributed by atoms with Crippen molar-refractivity contribution >= 4 is 17.8 Å². The Kier molecular flexibility index (Phi) is 5.51. The summed E-state index contributed by atoms with van der Waals surface area (Å²) in [6.45, 7) is 3.82. The number of hydrogen-bond acceptors (Lipinski definition) is 5. The maximum atomic E-state index is 13.0. The fraction of sp³-hybridized carbons (Fsp3) is 0.500. The van der Waals surface area contributed by atoms with Crippen LogP contribution in [0.25, 0.3) is 5.69 Å². The summed E-state index contributed by atoms with van der Waals surface area (Å²) in [7, 11) is 1.69. The zero-order valence-electron chi connectivity index (χ0n) is 18.1. The van der Waals surface area contributed by atoms with Gasteiger partial charge in [-0.15, -0.1) is 0 Å². The Labute approximate surface area is 181 Å². The Bertz CT molecular complexity index is 964. The fourth-order valence-corrected chi connectivity index (χ4v) is 4.35. The summed E-state index contributed by atoms with van der Waals surface area (Å²) in [6, 6.07) is 6.98. The SMILES string of the molecule is CC1CCC2(CC1)NC(=O)N(CC(=O)N(C)C(C)c1ccc(-n3cncn3)cc1)C2=O. The number of rotatable bonds is 5. The highest BCUT2D eigenvalue weighted by molar-refractivity contribution is 6.09. The number of likely N-dealkylation sites (N-methyl/N-ethyl adjacent to an activating group) is 1. The van der Waals surface area contributed by atoms with Crippen molar-refractivity contribution in [1.29, 1.82) is 0 Å². The predicted octanol–water partition coefficient (Wildman–Crippen LogP) is 2.29. The second kappa shape index (κ2) is 8.13. The number of aromatic nitrogens is 3. The van der Waals surface area contributed by atoms with Gasteiger partial charge in [0.05, 0.1) is 11.7 Å². The summed E-state index contributed by atoms with van der Waals surface area (Å²) in [5.74, 6) is 0.00232. The molecule has 0 radical (unpaired) electrons. The molecule has 1 aromatic heterocycles. The number of nitrogens with one attached hydrogen (secondary N) is 1. The Hall–Kier alpha value is -3.23. The lowest BCUT2D eigenvalue weighted by Gasteiger charge is -2.33. The summed E-state index contributed by atoms with van der Waals surface area (Å²) in [5, 5.41) is 6.97. The lowest BCUT2D eigenvalue weighted by atomic mass is 9.77. The van der Waals surface area contributed by atoms with Crippen molar-refractivity contribution < 1.29 is 14.4 Å². The van der Waals surface area contributed by atoms with Gasteiger partial charge in [-0.3, -0.25) is 14.5 Å². The summed E-state index contributed by atoms with van der Waals surface area (Å²) < 4.78 is 1.66. The number of benzene rings is 1. The summed E-state index contributed by atoms with van der Waals surface area (Å²) >= 11 is 0. The lowest BCUT2D eigenvalue weighted by molar-refractivity contribution is -0.140. The standard InChI is InChI=1S/C22H28N6O3/c1-15-8-10-22(11-9-15)20(30)27(21(31)25-22)12-19(29)26(3)16(2)17-4-6-18(7-5-17)28-14-23-13-24-28/h4-7,13-16H,8-12H2,1-3H3,(H,25,31). The third kappa shape index (κ3) is 3.92. The van der Waals surface area contributed by atoms with Gasteiger partial charge in [0, 0.05) is 7.05 Å². The molecule has 1 aliphatic carbocycles. The molecule has 31 heavy (non-hydrogen) atoms. The van der Waals surface area contributed by atoms with Crippen molar-refractivity contribution in [1.82, 2.24) is 29.9 Å². The first-order valence-electron chi connectivity index (χ1n) is 10.7. The number of nitrogens with zero attached hydrogens (tertiary/aromatic N) is 5. The van der Waals surface area contributed by atoms with Crippen LogP contribution in [0.2, 0.25) is 0 Å². The van der Waals surface area contributed by atoms with Crippen molar-refractivity contribution in [3.8, 4) is 5.69 Å². The third-order valence-electron chi connectivity index (χ3n) is 6.70. The molecule has 164 valence electrons. The Morgan fingerprint density at radius 1 is 1.26 bits per heavy atom. The minimum absolute atomic E-state index is 0.220. The van der Waals surface area contributed by atoms with Crippen molar-refractivity contribution in [2.45, 2.75) is 51.1 Å². The van der Waals surface area contributed by atoms with Crippen LogP contribution in [0.15, 0.2) is 36.9 Å². The molecule has 0 bridgehead atoms. The molecule has 2 aliphatic rings. The monoisotopic (exact) mass is 424 g/mol.